The standard InChI is InChI=1S/C30H20Br2S/c31-29-17-25(13-23-11-21(15-27(23)29)19-7-3-1-4-8-19)33-26-14-24-12-22(16-28(24)30(32)18-26)20-9-5-2-6-10-20/h1-14,17-18H,15-16H2. The van der Waals surface area contributed by atoms with Crippen molar-refractivity contribution in [1.29, 1.82) is 0 Å². The van der Waals surface area contributed by atoms with E-state index in [4.69, 9.17) is 0 Å². The minimum absolute atomic E-state index is 0.975. The van der Waals surface area contributed by atoms with E-state index in [-0.39, 0.29) is 0 Å². The molecule has 2 aliphatic rings. The molecule has 0 fully saturated rings. The van der Waals surface area contributed by atoms with Crippen molar-refractivity contribution in [2.24, 2.45) is 0 Å². The summed E-state index contributed by atoms with van der Waals surface area (Å²) in [5.74, 6) is 0. The molecule has 0 atom stereocenters. The van der Waals surface area contributed by atoms with Crippen molar-refractivity contribution in [3.63, 3.8) is 0 Å². The van der Waals surface area contributed by atoms with E-state index in [0.717, 1.165) is 12.8 Å². The molecule has 0 nitrogen and oxygen atoms in total. The van der Waals surface area contributed by atoms with Crippen molar-refractivity contribution in [2.45, 2.75) is 22.6 Å². The molecule has 0 unspecified atom stereocenters. The van der Waals surface area contributed by atoms with Crippen LogP contribution in [0.1, 0.15) is 33.4 Å². The Morgan fingerprint density at radius 3 is 1.39 bits per heavy atom. The van der Waals surface area contributed by atoms with Crippen molar-refractivity contribution in [3.05, 3.63) is 127 Å². The molecule has 0 N–H and O–H groups in total. The molecule has 0 aromatic heterocycles. The number of fused-ring (bicyclic) bond motifs is 2. The van der Waals surface area contributed by atoms with Crippen molar-refractivity contribution in [3.8, 4) is 0 Å². The highest BCUT2D eigenvalue weighted by atomic mass is 79.9. The highest BCUT2D eigenvalue weighted by Crippen LogP contribution is 2.43. The summed E-state index contributed by atoms with van der Waals surface area (Å²) in [7, 11) is 0. The lowest BCUT2D eigenvalue weighted by Crippen LogP contribution is -1.89. The van der Waals surface area contributed by atoms with E-state index >= 15 is 0 Å². The lowest BCUT2D eigenvalue weighted by Gasteiger charge is -2.10. The maximum absolute atomic E-state index is 3.84. The maximum atomic E-state index is 3.84. The van der Waals surface area contributed by atoms with Crippen LogP contribution in [0, 0.1) is 0 Å². The van der Waals surface area contributed by atoms with Gasteiger partial charge in [0.1, 0.15) is 0 Å². The molecule has 0 radical (unpaired) electrons. The summed E-state index contributed by atoms with van der Waals surface area (Å²) in [6.45, 7) is 0. The van der Waals surface area contributed by atoms with Gasteiger partial charge in [0.25, 0.3) is 0 Å². The highest BCUT2D eigenvalue weighted by molar-refractivity contribution is 9.10. The topological polar surface area (TPSA) is 0 Å². The Balaban J connectivity index is 1.30. The zero-order valence-corrected chi connectivity index (χ0v) is 21.8. The Morgan fingerprint density at radius 2 is 0.970 bits per heavy atom. The van der Waals surface area contributed by atoms with Gasteiger partial charge in [0.15, 0.2) is 0 Å². The Hall–Kier alpha value is -2.33. The van der Waals surface area contributed by atoms with Crippen LogP contribution in [0.3, 0.4) is 0 Å². The number of hydrogen-bond acceptors (Lipinski definition) is 1. The largest absolute Gasteiger partial charge is 0.0900 e. The average molecular weight is 572 g/mol. The van der Waals surface area contributed by atoms with Crippen molar-refractivity contribution < 1.29 is 0 Å². The summed E-state index contributed by atoms with van der Waals surface area (Å²) in [4.78, 5) is 2.51. The molecular weight excluding hydrogens is 552 g/mol. The predicted molar refractivity (Wildman–Crippen MR) is 148 cm³/mol. The molecule has 160 valence electrons. The number of halogens is 2. The van der Waals surface area contributed by atoms with Crippen LogP contribution >= 0.6 is 43.6 Å². The van der Waals surface area contributed by atoms with Crippen molar-refractivity contribution in [1.82, 2.24) is 0 Å². The van der Waals surface area contributed by atoms with E-state index in [0.29, 0.717) is 0 Å². The first-order chi connectivity index (χ1) is 16.1. The SMILES string of the molecule is Brc1cc(Sc2cc(Br)c3c(c2)C=C(c2ccccc2)C3)cc2c1CC(c1ccccc1)=C2. The van der Waals surface area contributed by atoms with Gasteiger partial charge in [-0.1, -0.05) is 116 Å². The van der Waals surface area contributed by atoms with Crippen LogP contribution in [0.5, 0.6) is 0 Å². The van der Waals surface area contributed by atoms with Crippen LogP contribution in [0.2, 0.25) is 0 Å². The Kier molecular flexibility index (Phi) is 5.65. The Labute approximate surface area is 215 Å². The molecule has 0 saturated heterocycles. The normalized spacial score (nSPS) is 14.0. The first-order valence-corrected chi connectivity index (χ1v) is 13.4. The second kappa shape index (κ2) is 8.79. The summed E-state index contributed by atoms with van der Waals surface area (Å²) in [5.41, 5.74) is 10.8. The van der Waals surface area contributed by atoms with Gasteiger partial charge >= 0.3 is 0 Å². The fourth-order valence-corrected chi connectivity index (χ4v) is 7.21. The fourth-order valence-electron chi connectivity index (χ4n) is 4.68. The highest BCUT2D eigenvalue weighted by Gasteiger charge is 2.20. The predicted octanol–water partition coefficient (Wildman–Crippen LogP) is 9.56. The van der Waals surface area contributed by atoms with Crippen LogP contribution < -0.4 is 0 Å². The molecule has 33 heavy (non-hydrogen) atoms. The van der Waals surface area contributed by atoms with E-state index in [1.165, 1.54) is 63.3 Å². The van der Waals surface area contributed by atoms with Gasteiger partial charge in [0.05, 0.1) is 0 Å². The summed E-state index contributed by atoms with van der Waals surface area (Å²) < 4.78 is 2.38. The zero-order chi connectivity index (χ0) is 22.4. The van der Waals surface area contributed by atoms with E-state index in [1.807, 2.05) is 11.8 Å². The number of rotatable bonds is 4. The third-order valence-electron chi connectivity index (χ3n) is 6.33. The Morgan fingerprint density at radius 1 is 0.545 bits per heavy atom. The van der Waals surface area contributed by atoms with Crippen LogP contribution in [0.25, 0.3) is 23.3 Å². The molecule has 4 aromatic rings. The maximum Gasteiger partial charge on any atom is 0.0227 e. The number of allylic oxidation sites excluding steroid dienone is 2. The van der Waals surface area contributed by atoms with Gasteiger partial charge in [-0.2, -0.15) is 0 Å². The Bertz CT molecular complexity index is 1320. The quantitative estimate of drug-likeness (QED) is 0.235. The van der Waals surface area contributed by atoms with Gasteiger partial charge in [0, 0.05) is 18.7 Å². The van der Waals surface area contributed by atoms with Crippen molar-refractivity contribution >= 4 is 66.9 Å². The molecule has 0 aliphatic heterocycles. The monoisotopic (exact) mass is 570 g/mol. The third-order valence-corrected chi connectivity index (χ3v) is 8.68. The first-order valence-electron chi connectivity index (χ1n) is 11.0. The second-order valence-electron chi connectivity index (χ2n) is 8.47. The van der Waals surface area contributed by atoms with Gasteiger partial charge in [-0.15, -0.1) is 0 Å². The summed E-state index contributed by atoms with van der Waals surface area (Å²) in [5, 5.41) is 0. The van der Waals surface area contributed by atoms with E-state index in [2.05, 4.69) is 129 Å². The minimum atomic E-state index is 0.975. The summed E-state index contributed by atoms with van der Waals surface area (Å²) in [6, 6.07) is 30.5. The average Bonchev–Trinajstić information content (AvgIpc) is 3.46. The number of benzene rings is 4. The zero-order valence-electron chi connectivity index (χ0n) is 17.8. The summed E-state index contributed by atoms with van der Waals surface area (Å²) >= 11 is 9.51. The van der Waals surface area contributed by atoms with Crippen molar-refractivity contribution in [2.75, 3.05) is 0 Å². The van der Waals surface area contributed by atoms with Gasteiger partial charge in [-0.05, 0) is 81.6 Å². The van der Waals surface area contributed by atoms with Gasteiger partial charge in [-0.3, -0.25) is 0 Å². The molecule has 0 heterocycles. The van der Waals surface area contributed by atoms with Crippen LogP contribution in [-0.2, 0) is 12.8 Å². The van der Waals surface area contributed by atoms with E-state index in [1.54, 1.807) is 0 Å². The van der Waals surface area contributed by atoms with Crippen LogP contribution in [0.4, 0.5) is 0 Å². The van der Waals surface area contributed by atoms with E-state index < -0.39 is 0 Å². The lowest BCUT2D eigenvalue weighted by atomic mass is 10.0. The molecule has 0 bridgehead atoms. The molecular formula is C30H20Br2S. The molecule has 0 amide bonds. The first kappa shape index (κ1) is 21.2. The van der Waals surface area contributed by atoms with Crippen LogP contribution in [-0.4, -0.2) is 0 Å². The number of hydrogen-bond donors (Lipinski definition) is 0. The minimum Gasteiger partial charge on any atom is -0.0900 e. The van der Waals surface area contributed by atoms with Gasteiger partial charge < -0.3 is 0 Å². The lowest BCUT2D eigenvalue weighted by molar-refractivity contribution is 1.24. The molecule has 4 aromatic carbocycles. The molecule has 0 spiro atoms. The fraction of sp³-hybridized carbons (Fsp3) is 0.0667. The second-order valence-corrected chi connectivity index (χ2v) is 11.3. The summed E-state index contributed by atoms with van der Waals surface area (Å²) in [6.07, 6.45) is 6.63. The third kappa shape index (κ3) is 4.19. The smallest absolute Gasteiger partial charge is 0.0227 e. The molecule has 2 aliphatic carbocycles. The molecule has 0 saturated carbocycles. The molecule has 3 heteroatoms. The van der Waals surface area contributed by atoms with Crippen LogP contribution in [0.15, 0.2) is 104 Å². The van der Waals surface area contributed by atoms with Gasteiger partial charge in [-0.25, -0.2) is 0 Å². The van der Waals surface area contributed by atoms with E-state index in [9.17, 15) is 0 Å². The molecule has 6 rings (SSSR count). The van der Waals surface area contributed by atoms with Gasteiger partial charge in [0.2, 0.25) is 0 Å².